The zero-order valence-electron chi connectivity index (χ0n) is 9.87. The van der Waals surface area contributed by atoms with Gasteiger partial charge in [-0.25, -0.2) is 0 Å². The van der Waals surface area contributed by atoms with E-state index in [2.05, 4.69) is 10.6 Å². The van der Waals surface area contributed by atoms with Crippen LogP contribution in [0.1, 0.15) is 15.9 Å². The zero-order chi connectivity index (χ0) is 13.5. The number of nitrogens with one attached hydrogen (secondary N) is 2. The summed E-state index contributed by atoms with van der Waals surface area (Å²) >= 11 is 10.7. The summed E-state index contributed by atoms with van der Waals surface area (Å²) in [5.74, 6) is -0.649. The van der Waals surface area contributed by atoms with E-state index in [1.807, 2.05) is 19.1 Å². The lowest BCUT2D eigenvalue weighted by molar-refractivity contribution is -0.119. The predicted octanol–water partition coefficient (Wildman–Crippen LogP) is 1.64. The molecule has 0 aliphatic heterocycles. The second-order valence-corrected chi connectivity index (χ2v) is 4.81. The standard InChI is InChI=1S/C12H14Cl2N2O2/c1-8-3-2-4-9(7-8)11(17)15-5-6-16-12(18)10(13)14/h2-4,7,10H,5-6H2,1H3,(H,15,17)(H,16,18). The van der Waals surface area contributed by atoms with Gasteiger partial charge in [0.15, 0.2) is 4.84 Å². The molecule has 0 aliphatic carbocycles. The number of halogens is 2. The monoisotopic (exact) mass is 288 g/mol. The summed E-state index contributed by atoms with van der Waals surface area (Å²) in [6.07, 6.45) is 0. The van der Waals surface area contributed by atoms with Crippen LogP contribution in [0.2, 0.25) is 0 Å². The largest absolute Gasteiger partial charge is 0.352 e. The molecule has 0 atom stereocenters. The Labute approximate surface area is 116 Å². The minimum absolute atomic E-state index is 0.179. The smallest absolute Gasteiger partial charge is 0.253 e. The molecule has 0 aromatic heterocycles. The highest BCUT2D eigenvalue weighted by Crippen LogP contribution is 2.03. The molecule has 0 saturated heterocycles. The van der Waals surface area contributed by atoms with Crippen LogP contribution in [0.3, 0.4) is 0 Å². The Morgan fingerprint density at radius 1 is 1.22 bits per heavy atom. The van der Waals surface area contributed by atoms with Crippen LogP contribution in [0.5, 0.6) is 0 Å². The topological polar surface area (TPSA) is 58.2 Å². The number of amides is 2. The fourth-order valence-corrected chi connectivity index (χ4v) is 1.48. The molecule has 1 aromatic carbocycles. The SMILES string of the molecule is Cc1cccc(C(=O)NCCNC(=O)C(Cl)Cl)c1. The van der Waals surface area contributed by atoms with Gasteiger partial charge in [0.25, 0.3) is 11.8 Å². The first-order chi connectivity index (χ1) is 8.50. The third kappa shape index (κ3) is 4.94. The van der Waals surface area contributed by atoms with Crippen molar-refractivity contribution >= 4 is 35.0 Å². The Morgan fingerprint density at radius 2 is 1.89 bits per heavy atom. The molecule has 2 N–H and O–H groups in total. The fourth-order valence-electron chi connectivity index (χ4n) is 1.33. The average Bonchev–Trinajstić information content (AvgIpc) is 2.33. The second kappa shape index (κ2) is 7.24. The number of alkyl halides is 2. The van der Waals surface area contributed by atoms with Crippen molar-refractivity contribution in [2.75, 3.05) is 13.1 Å². The quantitative estimate of drug-likeness (QED) is 0.639. The van der Waals surface area contributed by atoms with E-state index in [1.165, 1.54) is 0 Å². The van der Waals surface area contributed by atoms with E-state index < -0.39 is 10.7 Å². The van der Waals surface area contributed by atoms with Gasteiger partial charge in [-0.15, -0.1) is 0 Å². The maximum atomic E-state index is 11.7. The molecular formula is C12H14Cl2N2O2. The number of aryl methyl sites for hydroxylation is 1. The van der Waals surface area contributed by atoms with E-state index in [0.717, 1.165) is 5.56 Å². The molecule has 0 fully saturated rings. The fraction of sp³-hybridized carbons (Fsp3) is 0.333. The van der Waals surface area contributed by atoms with Crippen LogP contribution in [0.4, 0.5) is 0 Å². The molecular weight excluding hydrogens is 275 g/mol. The van der Waals surface area contributed by atoms with Gasteiger partial charge in [0.1, 0.15) is 0 Å². The normalized spacial score (nSPS) is 10.2. The highest BCUT2D eigenvalue weighted by atomic mass is 35.5. The third-order valence-electron chi connectivity index (χ3n) is 2.19. The van der Waals surface area contributed by atoms with Gasteiger partial charge in [-0.3, -0.25) is 9.59 Å². The van der Waals surface area contributed by atoms with Gasteiger partial charge < -0.3 is 10.6 Å². The highest BCUT2D eigenvalue weighted by molar-refractivity contribution is 6.53. The number of hydrogen-bond donors (Lipinski definition) is 2. The van der Waals surface area contributed by atoms with Gasteiger partial charge in [0, 0.05) is 18.7 Å². The van der Waals surface area contributed by atoms with Crippen molar-refractivity contribution < 1.29 is 9.59 Å². The predicted molar refractivity (Wildman–Crippen MR) is 72.0 cm³/mol. The van der Waals surface area contributed by atoms with Crippen LogP contribution in [-0.4, -0.2) is 29.7 Å². The first kappa shape index (κ1) is 14.8. The van der Waals surface area contributed by atoms with Crippen LogP contribution in [0.25, 0.3) is 0 Å². The molecule has 0 aliphatic rings. The Morgan fingerprint density at radius 3 is 2.50 bits per heavy atom. The molecule has 0 saturated carbocycles. The number of hydrogen-bond acceptors (Lipinski definition) is 2. The molecule has 0 radical (unpaired) electrons. The first-order valence-corrected chi connectivity index (χ1v) is 6.28. The zero-order valence-corrected chi connectivity index (χ0v) is 11.4. The number of carbonyl (C=O) groups excluding carboxylic acids is 2. The van der Waals surface area contributed by atoms with Gasteiger partial charge in [0.05, 0.1) is 0 Å². The molecule has 4 nitrogen and oxygen atoms in total. The molecule has 1 rings (SSSR count). The van der Waals surface area contributed by atoms with Crippen molar-refractivity contribution in [1.82, 2.24) is 10.6 Å². The third-order valence-corrected chi connectivity index (χ3v) is 2.58. The molecule has 0 bridgehead atoms. The lowest BCUT2D eigenvalue weighted by atomic mass is 10.1. The Hall–Kier alpha value is -1.26. The van der Waals surface area contributed by atoms with Crippen molar-refractivity contribution in [3.05, 3.63) is 35.4 Å². The Bertz CT molecular complexity index is 436. The summed E-state index contributed by atoms with van der Waals surface area (Å²) in [5.41, 5.74) is 1.61. The summed E-state index contributed by atoms with van der Waals surface area (Å²) in [6.45, 7) is 2.52. The molecule has 1 aromatic rings. The van der Waals surface area contributed by atoms with Crippen molar-refractivity contribution in [2.24, 2.45) is 0 Å². The summed E-state index contributed by atoms with van der Waals surface area (Å²) in [7, 11) is 0. The van der Waals surface area contributed by atoms with Crippen molar-refractivity contribution in [3.63, 3.8) is 0 Å². The van der Waals surface area contributed by atoms with E-state index >= 15 is 0 Å². The second-order valence-electron chi connectivity index (χ2n) is 3.72. The van der Waals surface area contributed by atoms with E-state index in [0.29, 0.717) is 12.1 Å². The van der Waals surface area contributed by atoms with E-state index in [4.69, 9.17) is 23.2 Å². The number of carbonyl (C=O) groups is 2. The summed E-state index contributed by atoms with van der Waals surface area (Å²) in [5, 5.41) is 5.16. The van der Waals surface area contributed by atoms with Gasteiger partial charge in [-0.1, -0.05) is 40.9 Å². The van der Waals surface area contributed by atoms with Gasteiger partial charge in [0.2, 0.25) is 0 Å². The Balaban J connectivity index is 2.32. The van der Waals surface area contributed by atoms with E-state index in [9.17, 15) is 9.59 Å². The molecule has 2 amide bonds. The highest BCUT2D eigenvalue weighted by Gasteiger charge is 2.10. The molecule has 0 unspecified atom stereocenters. The van der Waals surface area contributed by atoms with Crippen molar-refractivity contribution in [1.29, 1.82) is 0 Å². The molecule has 0 spiro atoms. The number of rotatable bonds is 5. The summed E-state index contributed by atoms with van der Waals surface area (Å²) < 4.78 is 0. The van der Waals surface area contributed by atoms with Gasteiger partial charge in [-0.2, -0.15) is 0 Å². The molecule has 98 valence electrons. The maximum absolute atomic E-state index is 11.7. The van der Waals surface area contributed by atoms with Crippen LogP contribution in [0, 0.1) is 6.92 Å². The van der Waals surface area contributed by atoms with Crippen molar-refractivity contribution in [3.8, 4) is 0 Å². The number of benzene rings is 1. The Kier molecular flexibility index (Phi) is 5.95. The van der Waals surface area contributed by atoms with Crippen LogP contribution < -0.4 is 10.6 Å². The lowest BCUT2D eigenvalue weighted by Gasteiger charge is -2.07. The van der Waals surface area contributed by atoms with Gasteiger partial charge in [-0.05, 0) is 19.1 Å². The summed E-state index contributed by atoms with van der Waals surface area (Å²) in [4.78, 5) is 21.6. The van der Waals surface area contributed by atoms with Crippen LogP contribution in [-0.2, 0) is 4.79 Å². The van der Waals surface area contributed by atoms with Crippen molar-refractivity contribution in [2.45, 2.75) is 11.8 Å². The minimum Gasteiger partial charge on any atom is -0.352 e. The summed E-state index contributed by atoms with van der Waals surface area (Å²) in [6, 6.07) is 7.26. The average molecular weight is 289 g/mol. The molecule has 0 heterocycles. The van der Waals surface area contributed by atoms with Crippen LogP contribution in [0.15, 0.2) is 24.3 Å². The van der Waals surface area contributed by atoms with E-state index in [1.54, 1.807) is 12.1 Å². The first-order valence-electron chi connectivity index (χ1n) is 5.41. The molecule has 18 heavy (non-hydrogen) atoms. The van der Waals surface area contributed by atoms with Crippen LogP contribution >= 0.6 is 23.2 Å². The minimum atomic E-state index is -1.09. The molecule has 6 heteroatoms. The lowest BCUT2D eigenvalue weighted by Crippen LogP contribution is -2.36. The van der Waals surface area contributed by atoms with E-state index in [-0.39, 0.29) is 12.5 Å². The van der Waals surface area contributed by atoms with Gasteiger partial charge >= 0.3 is 0 Å². The maximum Gasteiger partial charge on any atom is 0.253 e.